The molecule has 6 atom stereocenters. The van der Waals surface area contributed by atoms with E-state index in [-0.39, 0.29) is 17.7 Å². The van der Waals surface area contributed by atoms with Gasteiger partial charge in [-0.2, -0.15) is 13.9 Å². The number of hydrogen-bond donors (Lipinski definition) is 5. The van der Waals surface area contributed by atoms with Crippen molar-refractivity contribution in [3.63, 3.8) is 0 Å². The smallest absolute Gasteiger partial charge is 0.407 e. The summed E-state index contributed by atoms with van der Waals surface area (Å²) in [5.41, 5.74) is 1.76. The summed E-state index contributed by atoms with van der Waals surface area (Å²) >= 11 is 0. The van der Waals surface area contributed by atoms with Crippen LogP contribution < -0.4 is 21.4 Å². The second-order valence-corrected chi connectivity index (χ2v) is 21.3. The van der Waals surface area contributed by atoms with E-state index in [2.05, 4.69) is 64.8 Å². The number of likely N-dealkylation sites (tertiary alicyclic amines) is 1. The number of nitrogens with zero attached hydrogens (tertiary/aromatic N) is 7. The first-order valence-corrected chi connectivity index (χ1v) is 24.9. The molecule has 4 amide bonds. The number of halogens is 4. The van der Waals surface area contributed by atoms with Crippen molar-refractivity contribution in [2.75, 3.05) is 47.1 Å². The van der Waals surface area contributed by atoms with Crippen LogP contribution in [0.1, 0.15) is 84.5 Å². The Kier molecular flexibility index (Phi) is 19.4. The Morgan fingerprint density at radius 3 is 1.99 bits per heavy atom. The number of rotatable bonds is 17. The van der Waals surface area contributed by atoms with Gasteiger partial charge in [0.1, 0.15) is 23.7 Å². The summed E-state index contributed by atoms with van der Waals surface area (Å²) in [5.74, 6) is 2.93. The van der Waals surface area contributed by atoms with Gasteiger partial charge in [-0.15, -0.1) is 0 Å². The number of fused-ring (bicyclic) bond motifs is 2. The van der Waals surface area contributed by atoms with Gasteiger partial charge in [0, 0.05) is 72.9 Å². The Hall–Kier alpha value is -6.87. The van der Waals surface area contributed by atoms with Gasteiger partial charge in [0.2, 0.25) is 11.9 Å². The lowest BCUT2D eigenvalue weighted by Crippen LogP contribution is -2.62. The second kappa shape index (κ2) is 25.3. The van der Waals surface area contributed by atoms with Gasteiger partial charge >= 0.3 is 18.7 Å². The third-order valence-electron chi connectivity index (χ3n) is 13.4. The fraction of sp³-hybridized carbons (Fsp3) is 0.528. The van der Waals surface area contributed by atoms with Crippen LogP contribution >= 0.6 is 0 Å². The molecule has 6 rings (SSSR count). The maximum atomic E-state index is 16.0. The minimum Gasteiger partial charge on any atom is -0.453 e. The number of aromatic nitrogens is 2. The molecule has 3 aromatic rings. The molecular weight excluding hydrogens is 995 g/mol. The highest BCUT2D eigenvalue weighted by molar-refractivity contribution is 5.87. The molecule has 4 heterocycles. The number of carbonyl (C=O) groups excluding carboxylic acids is 4. The molecule has 412 valence electrons. The van der Waals surface area contributed by atoms with Crippen molar-refractivity contribution in [3.05, 3.63) is 88.8 Å². The lowest BCUT2D eigenvalue weighted by molar-refractivity contribution is -0.132. The van der Waals surface area contributed by atoms with Crippen molar-refractivity contribution in [1.82, 2.24) is 46.0 Å². The molecule has 76 heavy (non-hydrogen) atoms. The predicted molar refractivity (Wildman–Crippen MR) is 275 cm³/mol. The van der Waals surface area contributed by atoms with Crippen molar-refractivity contribution >= 4 is 36.7 Å². The van der Waals surface area contributed by atoms with Gasteiger partial charge < -0.3 is 40.2 Å². The Labute approximate surface area is 440 Å². The van der Waals surface area contributed by atoms with Crippen LogP contribution in [0.25, 0.3) is 11.3 Å². The lowest BCUT2D eigenvalue weighted by Gasteiger charge is -2.47. The van der Waals surface area contributed by atoms with Gasteiger partial charge in [-0.1, -0.05) is 65.5 Å². The standard InChI is InChI=1S/C53H69F4N11O8/c1-31(24-59-49(58-8)65-25-35-17-18-36(26-65)68(35)37-29-76-30-37)11-12-32-13-15-33(16-14-32)21-42(60-46(70)44(52(2,3)4)61-50(72)74-9)43(69)28-66(64-47(71)45(53(5,6)7)62-51(73)75-10)27-38-39(54)22-34(23-40(38)55)41-19-20-67(63-41)48(56)57/h13-16,19-20,22-24,35-37,42-45,48,69H,8,17-18,21,25-30H2,1-7,9-10H3,(H,60,70)(H,61,72)(H,62,73)(H,64,71)/b31-24+,59-49?/t35?,36?,42-,43-,44+,45+/m0/s1. The van der Waals surface area contributed by atoms with Crippen LogP contribution in [0.4, 0.5) is 27.2 Å². The number of methoxy groups -OCH3 is 2. The van der Waals surface area contributed by atoms with E-state index < -0.39 is 95.9 Å². The molecule has 3 aliphatic rings. The molecule has 0 aliphatic carbocycles. The molecule has 3 fully saturated rings. The molecule has 2 unspecified atom stereocenters. The molecule has 3 aliphatic heterocycles. The zero-order chi connectivity index (χ0) is 55.6. The number of amides is 4. The summed E-state index contributed by atoms with van der Waals surface area (Å²) in [6.07, 6.45) is 1.33. The number of aliphatic hydroxyl groups is 1. The van der Waals surface area contributed by atoms with Crippen LogP contribution in [0.3, 0.4) is 0 Å². The average Bonchev–Trinajstić information content (AvgIpc) is 3.93. The molecule has 2 bridgehead atoms. The minimum absolute atomic E-state index is 0.0515. The minimum atomic E-state index is -3.00. The van der Waals surface area contributed by atoms with Crippen molar-refractivity contribution in [3.8, 4) is 23.1 Å². The van der Waals surface area contributed by atoms with E-state index >= 15 is 8.78 Å². The molecule has 23 heteroatoms. The third kappa shape index (κ3) is 15.2. The summed E-state index contributed by atoms with van der Waals surface area (Å²) in [6, 6.07) is 7.54. The summed E-state index contributed by atoms with van der Waals surface area (Å²) in [4.78, 5) is 66.8. The van der Waals surface area contributed by atoms with Gasteiger partial charge in [-0.25, -0.2) is 38.0 Å². The fourth-order valence-electron chi connectivity index (χ4n) is 9.32. The molecular formula is C53H69F4N11O8. The third-order valence-corrected chi connectivity index (χ3v) is 13.4. The van der Waals surface area contributed by atoms with Gasteiger partial charge in [-0.3, -0.25) is 19.9 Å². The Bertz CT molecular complexity index is 2650. The summed E-state index contributed by atoms with van der Waals surface area (Å²) in [5, 5.41) is 24.7. The summed E-state index contributed by atoms with van der Waals surface area (Å²) in [7, 11) is 2.25. The zero-order valence-corrected chi connectivity index (χ0v) is 44.3. The number of alkyl halides is 2. The van der Waals surface area contributed by atoms with E-state index in [4.69, 9.17) is 14.2 Å². The monoisotopic (exact) mass is 1060 g/mol. The van der Waals surface area contributed by atoms with Gasteiger partial charge in [0.05, 0.1) is 51.3 Å². The molecule has 0 radical (unpaired) electrons. The van der Waals surface area contributed by atoms with Crippen LogP contribution in [0.5, 0.6) is 0 Å². The largest absolute Gasteiger partial charge is 0.453 e. The highest BCUT2D eigenvalue weighted by Gasteiger charge is 2.46. The number of aliphatic hydroxyl groups excluding tert-OH is 1. The van der Waals surface area contributed by atoms with Crippen molar-refractivity contribution in [2.45, 2.75) is 123 Å². The summed E-state index contributed by atoms with van der Waals surface area (Å²) < 4.78 is 74.0. The lowest BCUT2D eigenvalue weighted by atomic mass is 9.85. The van der Waals surface area contributed by atoms with Crippen molar-refractivity contribution in [2.24, 2.45) is 20.8 Å². The van der Waals surface area contributed by atoms with Crippen molar-refractivity contribution in [1.29, 1.82) is 0 Å². The van der Waals surface area contributed by atoms with Crippen LogP contribution in [-0.4, -0.2) is 156 Å². The van der Waals surface area contributed by atoms with E-state index in [1.165, 1.54) is 0 Å². The second-order valence-electron chi connectivity index (χ2n) is 21.3. The number of hydrazine groups is 1. The predicted octanol–water partition coefficient (Wildman–Crippen LogP) is 5.55. The number of piperazine rings is 1. The van der Waals surface area contributed by atoms with E-state index in [0.717, 1.165) is 82.8 Å². The molecule has 2 aromatic carbocycles. The highest BCUT2D eigenvalue weighted by Crippen LogP contribution is 2.34. The van der Waals surface area contributed by atoms with Gasteiger partial charge in [0.25, 0.3) is 5.91 Å². The zero-order valence-electron chi connectivity index (χ0n) is 44.3. The number of guanidine groups is 1. The van der Waals surface area contributed by atoms with E-state index in [9.17, 15) is 33.1 Å². The number of aliphatic imine (C=N–C) groups is 2. The van der Waals surface area contributed by atoms with Crippen LogP contribution in [0.2, 0.25) is 0 Å². The van der Waals surface area contributed by atoms with E-state index in [0.29, 0.717) is 45.5 Å². The van der Waals surface area contributed by atoms with Crippen LogP contribution in [0, 0.1) is 34.3 Å². The van der Waals surface area contributed by atoms with Gasteiger partial charge in [-0.05, 0) is 79.6 Å². The number of hydrogen-bond acceptors (Lipinski definition) is 12. The SMILES string of the molecule is C=NC(=N/C=C(\C)C#Cc1ccc(C[C@H](NC(=O)[C@@H](NC(=O)OC)C(C)(C)C)[C@@H](O)CN(Cc2c(F)cc(-c3ccn(C(F)F)n3)cc2F)NC(=O)[C@@H](NC(=O)OC)C(C)(C)C)cc1)N1CC2CCC(C1)N2C1COC1. The average molecular weight is 1060 g/mol. The first kappa shape index (κ1) is 58.4. The Morgan fingerprint density at radius 1 is 0.908 bits per heavy atom. The molecule has 5 N–H and O–H groups in total. The normalized spacial score (nSPS) is 18.9. The molecule has 19 nitrogen and oxygen atoms in total. The Morgan fingerprint density at radius 2 is 1.49 bits per heavy atom. The van der Waals surface area contributed by atoms with Crippen molar-refractivity contribution < 1.29 is 56.1 Å². The maximum Gasteiger partial charge on any atom is 0.407 e. The number of alkyl carbamates (subject to hydrolysis) is 2. The topological polar surface area (TPSA) is 217 Å². The number of ether oxygens (including phenoxy) is 3. The van der Waals surface area contributed by atoms with Crippen LogP contribution in [0.15, 0.2) is 70.4 Å². The number of benzene rings is 2. The summed E-state index contributed by atoms with van der Waals surface area (Å²) in [6.45, 7) is 14.5. The fourth-order valence-corrected chi connectivity index (χ4v) is 9.32. The Balaban J connectivity index is 1.26. The van der Waals surface area contributed by atoms with E-state index in [1.807, 2.05) is 6.92 Å². The number of allylic oxidation sites excluding steroid dienone is 1. The quantitative estimate of drug-likeness (QED) is 0.0370. The molecule has 0 saturated carbocycles. The van der Waals surface area contributed by atoms with Crippen LogP contribution in [-0.2, 0) is 36.8 Å². The molecule has 1 aromatic heterocycles. The molecule has 0 spiro atoms. The number of nitrogens with one attached hydrogen (secondary N) is 4. The molecule has 3 saturated heterocycles. The first-order chi connectivity index (χ1) is 35.9. The van der Waals surface area contributed by atoms with Gasteiger partial charge in [0.15, 0.2) is 0 Å². The number of carbonyl (C=O) groups is 4. The van der Waals surface area contributed by atoms with E-state index in [1.54, 1.807) is 72.0 Å². The highest BCUT2D eigenvalue weighted by atomic mass is 19.3. The first-order valence-electron chi connectivity index (χ1n) is 24.9. The maximum absolute atomic E-state index is 16.0.